The zero-order chi connectivity index (χ0) is 12.5. The summed E-state index contributed by atoms with van der Waals surface area (Å²) in [6.45, 7) is 10.6. The average molecular weight is 253 g/mol. The van der Waals surface area contributed by atoms with Crippen LogP contribution in [-0.2, 0) is 4.79 Å². The van der Waals surface area contributed by atoms with Crippen LogP contribution < -0.4 is 0 Å². The van der Waals surface area contributed by atoms with Gasteiger partial charge in [0.05, 0.1) is 6.10 Å². The van der Waals surface area contributed by atoms with E-state index < -0.39 is 0 Å². The largest absolute Gasteiger partial charge is 0.412 e. The van der Waals surface area contributed by atoms with E-state index in [1.165, 1.54) is 0 Å². The summed E-state index contributed by atoms with van der Waals surface area (Å²) in [7, 11) is 0. The number of rotatable bonds is 5. The third-order valence-electron chi connectivity index (χ3n) is 1.19. The van der Waals surface area contributed by atoms with Crippen LogP contribution in [0.5, 0.6) is 0 Å². The van der Waals surface area contributed by atoms with E-state index in [-0.39, 0.29) is 11.6 Å². The number of hydrogen-bond acceptors (Lipinski definition) is 2. The number of halogens is 1. The molecule has 4 heteroatoms. The minimum atomic E-state index is -0.169. The molecule has 0 aromatic carbocycles. The van der Waals surface area contributed by atoms with E-state index in [9.17, 15) is 4.79 Å². The molecule has 0 bridgehead atoms. The van der Waals surface area contributed by atoms with Gasteiger partial charge in [-0.05, 0) is 12.8 Å². The molecule has 0 heterocycles. The first-order valence-electron chi connectivity index (χ1n) is 5.03. The molecule has 0 aliphatic heterocycles. The molecule has 0 aliphatic carbocycles. The highest BCUT2D eigenvalue weighted by Crippen LogP contribution is 1.94. The van der Waals surface area contributed by atoms with Crippen LogP contribution in [0.4, 0.5) is 0 Å². The van der Waals surface area contributed by atoms with E-state index in [1.807, 2.05) is 13.8 Å². The molecular formula is C12H25ClO3. The van der Waals surface area contributed by atoms with Crippen molar-refractivity contribution >= 4 is 17.9 Å². The Morgan fingerprint density at radius 2 is 1.69 bits per heavy atom. The standard InChI is InChI=1S/C6H12O.C3H5Cl.C3H6O.H2O/c1-3-5-6(7)4-2;2*1-2-3-4;/h3,6-7H,1,4-5H2,2H3;2H,1,3H2;3H,2H2,1H3;1H2. The van der Waals surface area contributed by atoms with Crippen molar-refractivity contribution in [3.63, 3.8) is 0 Å². The van der Waals surface area contributed by atoms with Crippen LogP contribution in [-0.4, -0.2) is 28.9 Å². The van der Waals surface area contributed by atoms with Crippen LogP contribution in [0, 0.1) is 0 Å². The minimum Gasteiger partial charge on any atom is -0.412 e. The Hall–Kier alpha value is -0.640. The van der Waals surface area contributed by atoms with Gasteiger partial charge in [-0.25, -0.2) is 0 Å². The third kappa shape index (κ3) is 50.5. The second-order valence-corrected chi connectivity index (χ2v) is 2.91. The Bertz CT molecular complexity index is 130. The number of aliphatic hydroxyl groups excluding tert-OH is 1. The molecule has 3 N–H and O–H groups in total. The maximum Gasteiger partial charge on any atom is 0.119 e. The summed E-state index contributed by atoms with van der Waals surface area (Å²) in [5.74, 6) is 0.556. The summed E-state index contributed by atoms with van der Waals surface area (Å²) in [6, 6.07) is 0. The summed E-state index contributed by atoms with van der Waals surface area (Å²) in [4.78, 5) is 9.17. The van der Waals surface area contributed by atoms with E-state index in [2.05, 4.69) is 13.2 Å². The van der Waals surface area contributed by atoms with Crippen molar-refractivity contribution in [1.82, 2.24) is 0 Å². The van der Waals surface area contributed by atoms with Crippen molar-refractivity contribution in [3.05, 3.63) is 25.3 Å². The van der Waals surface area contributed by atoms with Crippen LogP contribution in [0.25, 0.3) is 0 Å². The maximum atomic E-state index is 9.17. The lowest BCUT2D eigenvalue weighted by Crippen LogP contribution is -2.00. The molecule has 0 aliphatic rings. The van der Waals surface area contributed by atoms with Gasteiger partial charge < -0.3 is 15.4 Å². The monoisotopic (exact) mass is 252 g/mol. The number of aldehydes is 1. The van der Waals surface area contributed by atoms with Gasteiger partial charge >= 0.3 is 0 Å². The molecule has 0 radical (unpaired) electrons. The van der Waals surface area contributed by atoms with Gasteiger partial charge in [0.1, 0.15) is 6.29 Å². The van der Waals surface area contributed by atoms with Crippen molar-refractivity contribution in [2.75, 3.05) is 5.88 Å². The molecule has 0 spiro atoms. The van der Waals surface area contributed by atoms with Crippen LogP contribution >= 0.6 is 11.6 Å². The van der Waals surface area contributed by atoms with Gasteiger partial charge in [0.25, 0.3) is 0 Å². The van der Waals surface area contributed by atoms with Gasteiger partial charge in [0, 0.05) is 12.3 Å². The molecule has 0 aromatic rings. The van der Waals surface area contributed by atoms with Crippen LogP contribution in [0.2, 0.25) is 0 Å². The first-order chi connectivity index (χ1) is 7.14. The van der Waals surface area contributed by atoms with Crippen LogP contribution in [0.3, 0.4) is 0 Å². The van der Waals surface area contributed by atoms with Crippen LogP contribution in [0.15, 0.2) is 25.3 Å². The molecule has 98 valence electrons. The number of hydrogen-bond donors (Lipinski definition) is 1. The van der Waals surface area contributed by atoms with Crippen molar-refractivity contribution < 1.29 is 15.4 Å². The molecule has 3 nitrogen and oxygen atoms in total. The molecule has 0 fully saturated rings. The van der Waals surface area contributed by atoms with Crippen molar-refractivity contribution in [2.45, 2.75) is 39.2 Å². The van der Waals surface area contributed by atoms with Gasteiger partial charge in [-0.15, -0.1) is 24.8 Å². The molecule has 0 saturated heterocycles. The predicted molar refractivity (Wildman–Crippen MR) is 72.0 cm³/mol. The smallest absolute Gasteiger partial charge is 0.119 e. The highest BCUT2D eigenvalue weighted by atomic mass is 35.5. The molecular weight excluding hydrogens is 228 g/mol. The molecule has 1 atom stereocenters. The summed E-state index contributed by atoms with van der Waals surface area (Å²) in [5, 5.41) is 8.79. The van der Waals surface area contributed by atoms with Crippen LogP contribution in [0.1, 0.15) is 33.1 Å². The molecule has 0 rings (SSSR count). The second-order valence-electron chi connectivity index (χ2n) is 2.60. The third-order valence-corrected chi connectivity index (χ3v) is 1.40. The lowest BCUT2D eigenvalue weighted by molar-refractivity contribution is -0.107. The lowest BCUT2D eigenvalue weighted by atomic mass is 10.2. The first kappa shape index (κ1) is 24.5. The zero-order valence-electron chi connectivity index (χ0n) is 10.3. The van der Waals surface area contributed by atoms with Gasteiger partial charge in [0.2, 0.25) is 0 Å². The fourth-order valence-corrected chi connectivity index (χ4v) is 0.359. The number of allylic oxidation sites excluding steroid dienone is 1. The first-order valence-corrected chi connectivity index (χ1v) is 5.57. The van der Waals surface area contributed by atoms with Gasteiger partial charge in [0.15, 0.2) is 0 Å². The average Bonchev–Trinajstić information content (AvgIpc) is 2.30. The molecule has 0 saturated carbocycles. The lowest BCUT2D eigenvalue weighted by Gasteiger charge is -1.99. The normalized spacial score (nSPS) is 9.00. The van der Waals surface area contributed by atoms with Crippen molar-refractivity contribution in [1.29, 1.82) is 0 Å². The Balaban J connectivity index is -0.0000000700. The fourth-order valence-electron chi connectivity index (χ4n) is 0.359. The SMILES string of the molecule is C=CCC(O)CC.C=CCCl.CCC=O.O. The summed E-state index contributed by atoms with van der Waals surface area (Å²) in [5.41, 5.74) is 0. The van der Waals surface area contributed by atoms with Gasteiger partial charge in [-0.3, -0.25) is 0 Å². The fraction of sp³-hybridized carbons (Fsp3) is 0.583. The number of alkyl halides is 1. The number of carbonyl (C=O) groups excluding carboxylic acids is 1. The molecule has 0 amide bonds. The van der Waals surface area contributed by atoms with E-state index in [0.29, 0.717) is 12.3 Å². The summed E-state index contributed by atoms with van der Waals surface area (Å²) in [6.07, 6.45) is 6.26. The second kappa shape index (κ2) is 29.3. The van der Waals surface area contributed by atoms with E-state index in [1.54, 1.807) is 12.2 Å². The molecule has 1 unspecified atom stereocenters. The highest BCUT2D eigenvalue weighted by Gasteiger charge is 1.92. The predicted octanol–water partition coefficient (Wildman–Crippen LogP) is 2.52. The maximum absolute atomic E-state index is 9.17. The van der Waals surface area contributed by atoms with Gasteiger partial charge in [-0.2, -0.15) is 0 Å². The van der Waals surface area contributed by atoms with Crippen molar-refractivity contribution in [3.8, 4) is 0 Å². The van der Waals surface area contributed by atoms with E-state index in [0.717, 1.165) is 19.1 Å². The summed E-state index contributed by atoms with van der Waals surface area (Å²) >= 11 is 5.07. The summed E-state index contributed by atoms with van der Waals surface area (Å²) < 4.78 is 0. The minimum absolute atomic E-state index is 0. The Morgan fingerprint density at radius 1 is 1.31 bits per heavy atom. The number of aliphatic hydroxyl groups is 1. The molecule has 0 aromatic heterocycles. The topological polar surface area (TPSA) is 68.8 Å². The zero-order valence-corrected chi connectivity index (χ0v) is 11.0. The van der Waals surface area contributed by atoms with Crippen molar-refractivity contribution in [2.24, 2.45) is 0 Å². The van der Waals surface area contributed by atoms with Gasteiger partial charge in [-0.1, -0.05) is 26.0 Å². The van der Waals surface area contributed by atoms with E-state index in [4.69, 9.17) is 16.7 Å². The number of carbonyl (C=O) groups is 1. The quantitative estimate of drug-likeness (QED) is 0.464. The molecule has 16 heavy (non-hydrogen) atoms. The Labute approximate surface area is 104 Å². The Morgan fingerprint density at radius 3 is 1.75 bits per heavy atom. The van der Waals surface area contributed by atoms with E-state index >= 15 is 0 Å². The Kier molecular flexibility index (Phi) is 44.9. The highest BCUT2D eigenvalue weighted by molar-refractivity contribution is 6.18.